The number of ether oxygens (including phenoxy) is 1. The van der Waals surface area contributed by atoms with Crippen LogP contribution < -0.4 is 4.90 Å². The van der Waals surface area contributed by atoms with Gasteiger partial charge in [0.15, 0.2) is 0 Å². The molecule has 0 saturated carbocycles. The van der Waals surface area contributed by atoms with E-state index in [0.29, 0.717) is 36.0 Å². The minimum absolute atomic E-state index is 0.145. The predicted octanol–water partition coefficient (Wildman–Crippen LogP) is 4.38. The van der Waals surface area contributed by atoms with Crippen LogP contribution in [-0.4, -0.2) is 28.4 Å². The molecule has 0 spiro atoms. The van der Waals surface area contributed by atoms with Crippen molar-refractivity contribution >= 4 is 34.2 Å². The third-order valence-corrected chi connectivity index (χ3v) is 6.18. The number of fused-ring (bicyclic) bond motifs is 1. The highest BCUT2D eigenvalue weighted by Crippen LogP contribution is 2.42. The summed E-state index contributed by atoms with van der Waals surface area (Å²) in [6.07, 6.45) is 5.17. The highest BCUT2D eigenvalue weighted by molar-refractivity contribution is 7.16. The molecule has 9 heteroatoms. The second kappa shape index (κ2) is 9.02. The van der Waals surface area contributed by atoms with E-state index in [1.54, 1.807) is 42.4 Å². The number of aromatic nitrogens is 1. The van der Waals surface area contributed by atoms with Crippen LogP contribution in [0.5, 0.6) is 0 Å². The Morgan fingerprint density at radius 3 is 2.94 bits per heavy atom. The van der Waals surface area contributed by atoms with Crippen LogP contribution >= 0.6 is 11.3 Å². The van der Waals surface area contributed by atoms with Crippen LogP contribution in [0.4, 0.5) is 15.7 Å². The third-order valence-electron chi connectivity index (χ3n) is 4.97. The fourth-order valence-electron chi connectivity index (χ4n) is 3.43. The van der Waals surface area contributed by atoms with Crippen LogP contribution in [0.15, 0.2) is 47.3 Å². The molecule has 1 aliphatic heterocycles. The van der Waals surface area contributed by atoms with Gasteiger partial charge in [-0.15, -0.1) is 11.3 Å². The summed E-state index contributed by atoms with van der Waals surface area (Å²) in [7, 11) is 0. The van der Waals surface area contributed by atoms with Gasteiger partial charge in [0.05, 0.1) is 18.4 Å². The number of pyridine rings is 1. The zero-order valence-electron chi connectivity index (χ0n) is 16.9. The second-order valence-electron chi connectivity index (χ2n) is 6.92. The van der Waals surface area contributed by atoms with Crippen molar-refractivity contribution in [2.75, 3.05) is 11.4 Å². The summed E-state index contributed by atoms with van der Waals surface area (Å²) >= 11 is 1.34. The van der Waals surface area contributed by atoms with Gasteiger partial charge in [0.1, 0.15) is 17.7 Å². The van der Waals surface area contributed by atoms with Crippen LogP contribution in [0.25, 0.3) is 0 Å². The van der Waals surface area contributed by atoms with Gasteiger partial charge in [-0.1, -0.05) is 13.0 Å². The maximum absolute atomic E-state index is 12.7. The molecule has 1 aliphatic rings. The SMILES string of the molecule is CCC(=O)N(c1ccco1)c1sc2c(c1C#N)CCN(C(=O)OCc1cccnc1)C2. The van der Waals surface area contributed by atoms with Gasteiger partial charge in [-0.3, -0.25) is 9.78 Å². The van der Waals surface area contributed by atoms with Crippen LogP contribution in [0.2, 0.25) is 0 Å². The van der Waals surface area contributed by atoms with Crippen molar-refractivity contribution in [1.82, 2.24) is 9.88 Å². The molecule has 0 N–H and O–H groups in total. The van der Waals surface area contributed by atoms with Crippen molar-refractivity contribution < 1.29 is 18.7 Å². The molecule has 0 aliphatic carbocycles. The van der Waals surface area contributed by atoms with E-state index in [-0.39, 0.29) is 18.9 Å². The molecule has 0 saturated heterocycles. The Labute approximate surface area is 183 Å². The molecule has 0 atom stereocenters. The van der Waals surface area contributed by atoms with Crippen molar-refractivity contribution in [3.05, 3.63) is 64.5 Å². The molecule has 0 aromatic carbocycles. The van der Waals surface area contributed by atoms with E-state index in [1.165, 1.54) is 22.5 Å². The zero-order chi connectivity index (χ0) is 21.8. The van der Waals surface area contributed by atoms with Crippen molar-refractivity contribution in [2.45, 2.75) is 32.9 Å². The Balaban J connectivity index is 1.56. The molecule has 4 heterocycles. The van der Waals surface area contributed by atoms with E-state index in [9.17, 15) is 14.9 Å². The predicted molar refractivity (Wildman–Crippen MR) is 114 cm³/mol. The van der Waals surface area contributed by atoms with Crippen molar-refractivity contribution in [3.8, 4) is 6.07 Å². The first-order valence-electron chi connectivity index (χ1n) is 9.84. The van der Waals surface area contributed by atoms with Crippen molar-refractivity contribution in [2.24, 2.45) is 0 Å². The molecular weight excluding hydrogens is 416 g/mol. The molecule has 8 nitrogen and oxygen atoms in total. The zero-order valence-corrected chi connectivity index (χ0v) is 17.7. The van der Waals surface area contributed by atoms with Gasteiger partial charge in [-0.25, -0.2) is 9.69 Å². The van der Waals surface area contributed by atoms with E-state index in [4.69, 9.17) is 9.15 Å². The Morgan fingerprint density at radius 2 is 2.26 bits per heavy atom. The minimum atomic E-state index is -0.421. The molecular formula is C22H20N4O4S. The second-order valence-corrected chi connectivity index (χ2v) is 8.00. The number of nitrogens with zero attached hydrogens (tertiary/aromatic N) is 4. The quantitative estimate of drug-likeness (QED) is 0.589. The summed E-state index contributed by atoms with van der Waals surface area (Å²) in [5.74, 6) is 0.201. The van der Waals surface area contributed by atoms with E-state index in [2.05, 4.69) is 11.1 Å². The van der Waals surface area contributed by atoms with Crippen LogP contribution in [-0.2, 0) is 29.1 Å². The molecule has 4 rings (SSSR count). The number of carbonyl (C=O) groups excluding carboxylic acids is 2. The van der Waals surface area contributed by atoms with Gasteiger partial charge in [0.25, 0.3) is 0 Å². The van der Waals surface area contributed by atoms with E-state index in [0.717, 1.165) is 16.0 Å². The average molecular weight is 436 g/mol. The van der Waals surface area contributed by atoms with Gasteiger partial charge in [0.2, 0.25) is 11.8 Å². The molecule has 3 aromatic rings. The van der Waals surface area contributed by atoms with Gasteiger partial charge < -0.3 is 14.1 Å². The van der Waals surface area contributed by atoms with Gasteiger partial charge in [-0.2, -0.15) is 5.26 Å². The molecule has 0 fully saturated rings. The fraction of sp³-hybridized carbons (Fsp3) is 0.273. The van der Waals surface area contributed by atoms with E-state index >= 15 is 0 Å². The Kier molecular flexibility index (Phi) is 6.00. The number of thiophene rings is 1. The summed E-state index contributed by atoms with van der Waals surface area (Å²) in [4.78, 5) is 33.2. The topological polar surface area (TPSA) is 99.7 Å². The number of carbonyl (C=O) groups is 2. The van der Waals surface area contributed by atoms with Gasteiger partial charge in [-0.05, 0) is 24.1 Å². The first-order valence-corrected chi connectivity index (χ1v) is 10.7. The fourth-order valence-corrected chi connectivity index (χ4v) is 4.76. The van der Waals surface area contributed by atoms with Gasteiger partial charge >= 0.3 is 6.09 Å². The van der Waals surface area contributed by atoms with Gasteiger partial charge in [0, 0.05) is 41.9 Å². The van der Waals surface area contributed by atoms with E-state index in [1.807, 2.05) is 6.07 Å². The summed E-state index contributed by atoms with van der Waals surface area (Å²) in [6, 6.07) is 9.27. The largest absolute Gasteiger partial charge is 0.448 e. The number of hydrogen-bond acceptors (Lipinski definition) is 7. The number of amides is 2. The molecule has 0 bridgehead atoms. The molecule has 0 radical (unpaired) electrons. The lowest BCUT2D eigenvalue weighted by Crippen LogP contribution is -2.35. The molecule has 3 aromatic heterocycles. The highest BCUT2D eigenvalue weighted by Gasteiger charge is 2.32. The molecule has 31 heavy (non-hydrogen) atoms. The molecule has 2 amide bonds. The maximum Gasteiger partial charge on any atom is 0.410 e. The normalized spacial score (nSPS) is 12.7. The molecule has 158 valence electrons. The Morgan fingerprint density at radius 1 is 1.39 bits per heavy atom. The van der Waals surface area contributed by atoms with E-state index < -0.39 is 6.09 Å². The maximum atomic E-state index is 12.7. The summed E-state index contributed by atoms with van der Waals surface area (Å²) in [5.41, 5.74) is 2.15. The average Bonchev–Trinajstić information content (AvgIpc) is 3.45. The third kappa shape index (κ3) is 4.15. The number of furan rings is 1. The smallest absolute Gasteiger partial charge is 0.410 e. The summed E-state index contributed by atoms with van der Waals surface area (Å²) < 4.78 is 10.9. The Hall–Kier alpha value is -3.64. The monoisotopic (exact) mass is 436 g/mol. The van der Waals surface area contributed by atoms with Crippen LogP contribution in [0, 0.1) is 11.3 Å². The van der Waals surface area contributed by atoms with Crippen molar-refractivity contribution in [1.29, 1.82) is 5.26 Å². The number of nitriles is 1. The minimum Gasteiger partial charge on any atom is -0.448 e. The lowest BCUT2D eigenvalue weighted by molar-refractivity contribution is -0.117. The summed E-state index contributed by atoms with van der Waals surface area (Å²) in [6.45, 7) is 2.67. The lowest BCUT2D eigenvalue weighted by atomic mass is 10.0. The highest BCUT2D eigenvalue weighted by atomic mass is 32.1. The first-order chi connectivity index (χ1) is 15.1. The van der Waals surface area contributed by atoms with Crippen LogP contribution in [0.1, 0.15) is 34.9 Å². The molecule has 0 unspecified atom stereocenters. The van der Waals surface area contributed by atoms with Crippen molar-refractivity contribution in [3.63, 3.8) is 0 Å². The number of rotatable bonds is 5. The lowest BCUT2D eigenvalue weighted by Gasteiger charge is -2.26. The Bertz CT molecular complexity index is 1120. The first kappa shape index (κ1) is 20.6. The standard InChI is InChI=1S/C22H20N4O4S/c1-2-19(27)26(20-6-4-10-29-20)21-17(11-23)16-7-9-25(13-18(16)31-21)22(28)30-14-15-5-3-8-24-12-15/h3-6,8,10,12H,2,7,9,13-14H2,1H3. The number of anilines is 2. The summed E-state index contributed by atoms with van der Waals surface area (Å²) in [5, 5.41) is 10.4. The number of hydrogen-bond donors (Lipinski definition) is 0. The van der Waals surface area contributed by atoms with Crippen LogP contribution in [0.3, 0.4) is 0 Å².